The third kappa shape index (κ3) is 4.08. The third-order valence-electron chi connectivity index (χ3n) is 3.48. The highest BCUT2D eigenvalue weighted by molar-refractivity contribution is 5.37. The second-order valence-electron chi connectivity index (χ2n) is 6.06. The van der Waals surface area contributed by atoms with Crippen molar-refractivity contribution in [2.45, 2.75) is 51.7 Å². The fraction of sp³-hybridized carbons (Fsp3) is 0.769. The van der Waals surface area contributed by atoms with Gasteiger partial charge in [-0.25, -0.2) is 14.4 Å². The Balaban J connectivity index is 3.09. The van der Waals surface area contributed by atoms with Crippen LogP contribution in [-0.2, 0) is 14.4 Å². The van der Waals surface area contributed by atoms with Crippen LogP contribution in [0.1, 0.15) is 40.0 Å². The van der Waals surface area contributed by atoms with Crippen LogP contribution < -0.4 is 0 Å². The van der Waals surface area contributed by atoms with Crippen molar-refractivity contribution in [3.63, 3.8) is 0 Å². The molecule has 6 nitrogen and oxygen atoms in total. The first kappa shape index (κ1) is 15.2. The van der Waals surface area contributed by atoms with E-state index >= 15 is 0 Å². The molecule has 0 aromatic rings. The van der Waals surface area contributed by atoms with Gasteiger partial charge in [0.2, 0.25) is 18.2 Å². The number of isocyanates is 3. The second kappa shape index (κ2) is 5.85. The Kier molecular flexibility index (Phi) is 4.68. The van der Waals surface area contributed by atoms with Crippen LogP contribution in [0.4, 0.5) is 0 Å². The number of nitrogens with zero attached hydrogens (tertiary/aromatic N) is 3. The summed E-state index contributed by atoms with van der Waals surface area (Å²) in [6.07, 6.45) is 5.65. The zero-order chi connectivity index (χ0) is 14.5. The van der Waals surface area contributed by atoms with Crippen molar-refractivity contribution in [3.8, 4) is 0 Å². The number of hydrogen-bond acceptors (Lipinski definition) is 6. The molecule has 1 rings (SSSR count). The van der Waals surface area contributed by atoms with Crippen molar-refractivity contribution in [2.24, 2.45) is 26.3 Å². The van der Waals surface area contributed by atoms with Crippen molar-refractivity contribution in [3.05, 3.63) is 0 Å². The summed E-state index contributed by atoms with van der Waals surface area (Å²) in [5.41, 5.74) is -0.656. The van der Waals surface area contributed by atoms with E-state index in [-0.39, 0.29) is 11.3 Å². The molecule has 6 heteroatoms. The van der Waals surface area contributed by atoms with E-state index in [1.807, 2.05) is 20.8 Å². The van der Waals surface area contributed by atoms with Crippen LogP contribution in [0.5, 0.6) is 0 Å². The van der Waals surface area contributed by atoms with Crippen molar-refractivity contribution in [2.75, 3.05) is 0 Å². The Bertz CT molecular complexity index is 465. The van der Waals surface area contributed by atoms with Crippen LogP contribution in [-0.4, -0.2) is 29.9 Å². The van der Waals surface area contributed by atoms with Gasteiger partial charge in [-0.3, -0.25) is 0 Å². The van der Waals surface area contributed by atoms with Gasteiger partial charge in [0, 0.05) is 5.92 Å². The molecule has 0 saturated heterocycles. The molecule has 0 aromatic carbocycles. The highest BCUT2D eigenvalue weighted by Crippen LogP contribution is 2.47. The summed E-state index contributed by atoms with van der Waals surface area (Å²) in [6, 6.07) is 0. The summed E-state index contributed by atoms with van der Waals surface area (Å²) in [5, 5.41) is 0. The summed E-state index contributed by atoms with van der Waals surface area (Å²) < 4.78 is 0. The first-order valence-corrected chi connectivity index (χ1v) is 6.09. The average molecular weight is 263 g/mol. The molecule has 19 heavy (non-hydrogen) atoms. The molecule has 0 radical (unpaired) electrons. The van der Waals surface area contributed by atoms with Crippen LogP contribution in [0.15, 0.2) is 15.0 Å². The van der Waals surface area contributed by atoms with Crippen molar-refractivity contribution >= 4 is 18.2 Å². The molecule has 1 fully saturated rings. The minimum absolute atomic E-state index is 0.0902. The van der Waals surface area contributed by atoms with Crippen molar-refractivity contribution in [1.29, 1.82) is 0 Å². The molecular weight excluding hydrogens is 246 g/mol. The Labute approximate surface area is 111 Å². The molecule has 0 spiro atoms. The highest BCUT2D eigenvalue weighted by Gasteiger charge is 2.44. The van der Waals surface area contributed by atoms with Gasteiger partial charge in [-0.15, -0.1) is 0 Å². The van der Waals surface area contributed by atoms with Gasteiger partial charge in [0.15, 0.2) is 6.17 Å². The van der Waals surface area contributed by atoms with Gasteiger partial charge >= 0.3 is 0 Å². The minimum Gasteiger partial charge on any atom is -0.211 e. The van der Waals surface area contributed by atoms with Crippen LogP contribution >= 0.6 is 0 Å². The summed E-state index contributed by atoms with van der Waals surface area (Å²) in [6.45, 7) is 5.95. The number of aliphatic imine (C=N–C) groups is 3. The Morgan fingerprint density at radius 1 is 1.00 bits per heavy atom. The van der Waals surface area contributed by atoms with Crippen molar-refractivity contribution < 1.29 is 14.4 Å². The minimum atomic E-state index is -0.796. The monoisotopic (exact) mass is 263 g/mol. The first-order chi connectivity index (χ1) is 8.86. The number of carbonyl (C=O) groups excluding carboxylic acids is 3. The highest BCUT2D eigenvalue weighted by atomic mass is 16.1. The quantitative estimate of drug-likeness (QED) is 0.573. The maximum Gasteiger partial charge on any atom is 0.237 e. The molecule has 0 amide bonds. The van der Waals surface area contributed by atoms with Gasteiger partial charge in [0.25, 0.3) is 0 Å². The standard InChI is InChI=1S/C13H17N3O3/c1-12(2)4-10(11(14-7-17)15-8-18)5-13(3,6-12)16-9-19/h10-11H,4-6H2,1-3H3. The van der Waals surface area contributed by atoms with E-state index < -0.39 is 11.7 Å². The fourth-order valence-corrected chi connectivity index (χ4v) is 3.28. The lowest BCUT2D eigenvalue weighted by atomic mass is 9.64. The Hall–Kier alpha value is -1.86. The van der Waals surface area contributed by atoms with E-state index in [1.54, 1.807) is 6.08 Å². The van der Waals surface area contributed by atoms with E-state index in [4.69, 9.17) is 0 Å². The predicted molar refractivity (Wildman–Crippen MR) is 67.7 cm³/mol. The number of rotatable bonds is 4. The summed E-state index contributed by atoms with van der Waals surface area (Å²) in [4.78, 5) is 42.4. The molecule has 0 aromatic heterocycles. The van der Waals surface area contributed by atoms with Gasteiger partial charge in [-0.1, -0.05) is 13.8 Å². The molecule has 2 unspecified atom stereocenters. The summed E-state index contributed by atoms with van der Waals surface area (Å²) in [5.74, 6) is -0.145. The number of hydrogen-bond donors (Lipinski definition) is 0. The van der Waals surface area contributed by atoms with E-state index in [0.29, 0.717) is 6.42 Å². The molecule has 2 atom stereocenters. The van der Waals surface area contributed by atoms with E-state index in [9.17, 15) is 14.4 Å². The van der Waals surface area contributed by atoms with Gasteiger partial charge in [-0.05, 0) is 31.6 Å². The third-order valence-corrected chi connectivity index (χ3v) is 3.48. The molecule has 0 N–H and O–H groups in total. The van der Waals surface area contributed by atoms with E-state index in [1.165, 1.54) is 12.2 Å². The van der Waals surface area contributed by atoms with Gasteiger partial charge in [0.1, 0.15) is 0 Å². The largest absolute Gasteiger partial charge is 0.237 e. The maximum absolute atomic E-state index is 10.6. The molecule has 102 valence electrons. The lowest BCUT2D eigenvalue weighted by molar-refractivity contribution is 0.0991. The fourth-order valence-electron chi connectivity index (χ4n) is 3.28. The average Bonchev–Trinajstić information content (AvgIpc) is 2.26. The SMILES string of the molecule is CC1(C)CC(C(N=C=O)N=C=O)CC(C)(N=C=O)C1. The van der Waals surface area contributed by atoms with Crippen LogP contribution in [0.3, 0.4) is 0 Å². The molecule has 0 aliphatic heterocycles. The predicted octanol–water partition coefficient (Wildman–Crippen LogP) is 1.90. The van der Waals surface area contributed by atoms with Crippen LogP contribution in [0.2, 0.25) is 0 Å². The van der Waals surface area contributed by atoms with E-state index in [0.717, 1.165) is 12.8 Å². The molecule has 1 aliphatic carbocycles. The summed E-state index contributed by atoms with van der Waals surface area (Å²) >= 11 is 0. The van der Waals surface area contributed by atoms with Crippen molar-refractivity contribution in [1.82, 2.24) is 0 Å². The Morgan fingerprint density at radius 2 is 1.58 bits per heavy atom. The lowest BCUT2D eigenvalue weighted by Crippen LogP contribution is -2.42. The zero-order valence-electron chi connectivity index (χ0n) is 11.3. The van der Waals surface area contributed by atoms with Crippen LogP contribution in [0.25, 0.3) is 0 Å². The van der Waals surface area contributed by atoms with E-state index in [2.05, 4.69) is 15.0 Å². The maximum atomic E-state index is 10.6. The van der Waals surface area contributed by atoms with Gasteiger partial charge in [0.05, 0.1) is 5.54 Å². The van der Waals surface area contributed by atoms with Gasteiger partial charge < -0.3 is 0 Å². The molecule has 1 saturated carbocycles. The van der Waals surface area contributed by atoms with Gasteiger partial charge in [-0.2, -0.15) is 15.0 Å². The molecular formula is C13H17N3O3. The molecule has 0 bridgehead atoms. The Morgan fingerprint density at radius 3 is 2.05 bits per heavy atom. The molecule has 0 heterocycles. The molecule has 1 aliphatic rings. The zero-order valence-corrected chi connectivity index (χ0v) is 11.3. The second-order valence-corrected chi connectivity index (χ2v) is 6.06. The normalized spacial score (nSPS) is 30.2. The van der Waals surface area contributed by atoms with Crippen LogP contribution in [0, 0.1) is 11.3 Å². The smallest absolute Gasteiger partial charge is 0.211 e. The first-order valence-electron chi connectivity index (χ1n) is 6.09. The summed E-state index contributed by atoms with van der Waals surface area (Å²) in [7, 11) is 0. The topological polar surface area (TPSA) is 88.3 Å². The lowest BCUT2D eigenvalue weighted by Gasteiger charge is -2.44.